The molecule has 0 heteroatoms. The van der Waals surface area contributed by atoms with E-state index in [0.717, 1.165) is 12.3 Å². The fourth-order valence-electron chi connectivity index (χ4n) is 3.07. The summed E-state index contributed by atoms with van der Waals surface area (Å²) in [4.78, 5) is 0. The molecular formula is C17H25. The van der Waals surface area contributed by atoms with E-state index < -0.39 is 0 Å². The number of aryl methyl sites for hydroxylation is 1. The molecule has 0 heterocycles. The first-order chi connectivity index (χ1) is 8.42. The third-order valence-corrected chi connectivity index (χ3v) is 4.05. The van der Waals surface area contributed by atoms with E-state index in [9.17, 15) is 0 Å². The third-order valence-electron chi connectivity index (χ3n) is 4.05. The van der Waals surface area contributed by atoms with Gasteiger partial charge in [0.05, 0.1) is 0 Å². The second kappa shape index (κ2) is 6.83. The van der Waals surface area contributed by atoms with Crippen molar-refractivity contribution >= 4 is 0 Å². The Kier molecular flexibility index (Phi) is 5.09. The highest BCUT2D eigenvalue weighted by molar-refractivity contribution is 5.31. The molecule has 0 atom stereocenters. The van der Waals surface area contributed by atoms with Crippen molar-refractivity contribution in [3.8, 4) is 0 Å². The highest BCUT2D eigenvalue weighted by Crippen LogP contribution is 2.36. The molecule has 0 unspecified atom stereocenters. The predicted octanol–water partition coefficient (Wildman–Crippen LogP) is 5.28. The number of hydrogen-bond donors (Lipinski definition) is 0. The number of rotatable bonds is 6. The van der Waals surface area contributed by atoms with Gasteiger partial charge in [-0.1, -0.05) is 63.3 Å². The van der Waals surface area contributed by atoms with Gasteiger partial charge < -0.3 is 0 Å². The maximum atomic E-state index is 3.91. The highest BCUT2D eigenvalue weighted by Gasteiger charge is 2.18. The highest BCUT2D eigenvalue weighted by atomic mass is 14.2. The van der Waals surface area contributed by atoms with E-state index in [0.29, 0.717) is 0 Å². The van der Waals surface area contributed by atoms with Crippen LogP contribution in [-0.2, 0) is 6.42 Å². The number of benzene rings is 1. The fraction of sp³-hybridized carbons (Fsp3) is 0.588. The van der Waals surface area contributed by atoms with E-state index in [-0.39, 0.29) is 0 Å². The zero-order valence-corrected chi connectivity index (χ0v) is 11.0. The zero-order valence-electron chi connectivity index (χ0n) is 11.0. The van der Waals surface area contributed by atoms with Crippen molar-refractivity contribution in [2.45, 2.75) is 63.7 Å². The summed E-state index contributed by atoms with van der Waals surface area (Å²) >= 11 is 0. The molecule has 1 aromatic carbocycles. The molecule has 93 valence electrons. The van der Waals surface area contributed by atoms with Crippen LogP contribution in [0.3, 0.4) is 0 Å². The minimum atomic E-state index is 0.860. The Morgan fingerprint density at radius 2 is 1.76 bits per heavy atom. The molecule has 1 saturated carbocycles. The molecule has 0 bridgehead atoms. The summed E-state index contributed by atoms with van der Waals surface area (Å²) in [7, 11) is 0. The van der Waals surface area contributed by atoms with Gasteiger partial charge in [0, 0.05) is 0 Å². The first-order valence-corrected chi connectivity index (χ1v) is 7.29. The lowest BCUT2D eigenvalue weighted by molar-refractivity contribution is 0.666. The van der Waals surface area contributed by atoms with E-state index in [1.807, 2.05) is 0 Å². The molecule has 1 fully saturated rings. The summed E-state index contributed by atoms with van der Waals surface area (Å²) in [6, 6.07) is 9.13. The standard InChI is InChI=1S/C17H25/c1-2-3-4-5-10-15-13-8-9-14-17(15)16-11-6-7-12-16/h8-9,13-14,16H,1-7,10-12H2. The first kappa shape index (κ1) is 12.7. The summed E-state index contributed by atoms with van der Waals surface area (Å²) in [5.74, 6) is 0.860. The van der Waals surface area contributed by atoms with Crippen LogP contribution in [0.15, 0.2) is 24.3 Å². The molecular weight excluding hydrogens is 204 g/mol. The van der Waals surface area contributed by atoms with Crippen molar-refractivity contribution in [3.63, 3.8) is 0 Å². The number of unbranched alkanes of at least 4 members (excludes halogenated alkanes) is 3. The van der Waals surface area contributed by atoms with Gasteiger partial charge in [0.25, 0.3) is 0 Å². The van der Waals surface area contributed by atoms with Crippen molar-refractivity contribution in [2.24, 2.45) is 0 Å². The van der Waals surface area contributed by atoms with Gasteiger partial charge in [-0.3, -0.25) is 0 Å². The second-order valence-electron chi connectivity index (χ2n) is 5.34. The molecule has 0 N–H and O–H groups in total. The molecule has 0 spiro atoms. The van der Waals surface area contributed by atoms with Crippen molar-refractivity contribution in [1.29, 1.82) is 0 Å². The molecule has 0 nitrogen and oxygen atoms in total. The van der Waals surface area contributed by atoms with Crippen LogP contribution in [0, 0.1) is 6.92 Å². The van der Waals surface area contributed by atoms with Crippen molar-refractivity contribution in [1.82, 2.24) is 0 Å². The lowest BCUT2D eigenvalue weighted by Crippen LogP contribution is -1.99. The Balaban J connectivity index is 1.95. The molecule has 1 radical (unpaired) electrons. The summed E-state index contributed by atoms with van der Waals surface area (Å²) in [6.07, 6.45) is 12.0. The van der Waals surface area contributed by atoms with E-state index >= 15 is 0 Å². The summed E-state index contributed by atoms with van der Waals surface area (Å²) in [5, 5.41) is 0. The molecule has 17 heavy (non-hydrogen) atoms. The average molecular weight is 229 g/mol. The fourth-order valence-corrected chi connectivity index (χ4v) is 3.07. The quantitative estimate of drug-likeness (QED) is 0.582. The Morgan fingerprint density at radius 3 is 2.53 bits per heavy atom. The van der Waals surface area contributed by atoms with Gasteiger partial charge in [0.15, 0.2) is 0 Å². The third kappa shape index (κ3) is 3.59. The topological polar surface area (TPSA) is 0 Å². The molecule has 0 saturated heterocycles. The maximum absolute atomic E-state index is 3.91. The van der Waals surface area contributed by atoms with Crippen LogP contribution in [0.25, 0.3) is 0 Å². The van der Waals surface area contributed by atoms with Crippen molar-refractivity contribution in [2.75, 3.05) is 0 Å². The van der Waals surface area contributed by atoms with Crippen LogP contribution in [0.1, 0.15) is 68.4 Å². The normalized spacial score (nSPS) is 16.5. The van der Waals surface area contributed by atoms with Crippen LogP contribution in [-0.4, -0.2) is 0 Å². The molecule has 1 aliphatic rings. The van der Waals surface area contributed by atoms with Gasteiger partial charge in [0.1, 0.15) is 0 Å². The van der Waals surface area contributed by atoms with Gasteiger partial charge in [-0.2, -0.15) is 0 Å². The smallest absolute Gasteiger partial charge is 0.0159 e. The van der Waals surface area contributed by atoms with E-state index in [2.05, 4.69) is 31.2 Å². The van der Waals surface area contributed by atoms with Crippen molar-refractivity contribution < 1.29 is 0 Å². The largest absolute Gasteiger partial charge is 0.0620 e. The van der Waals surface area contributed by atoms with E-state index in [1.54, 1.807) is 11.1 Å². The van der Waals surface area contributed by atoms with Crippen molar-refractivity contribution in [3.05, 3.63) is 42.3 Å². The van der Waals surface area contributed by atoms with Crippen LogP contribution in [0.5, 0.6) is 0 Å². The average Bonchev–Trinajstić information content (AvgIpc) is 2.89. The monoisotopic (exact) mass is 229 g/mol. The van der Waals surface area contributed by atoms with Gasteiger partial charge >= 0.3 is 0 Å². The molecule has 1 aromatic rings. The molecule has 0 aliphatic heterocycles. The van der Waals surface area contributed by atoms with E-state index in [1.165, 1.54) is 51.4 Å². The van der Waals surface area contributed by atoms with Crippen LogP contribution in [0.4, 0.5) is 0 Å². The van der Waals surface area contributed by atoms with Crippen LogP contribution in [0.2, 0.25) is 0 Å². The Morgan fingerprint density at radius 1 is 1.00 bits per heavy atom. The lowest BCUT2D eigenvalue weighted by Gasteiger charge is -2.15. The second-order valence-corrected chi connectivity index (χ2v) is 5.34. The van der Waals surface area contributed by atoms with Gasteiger partial charge in [-0.05, 0) is 42.7 Å². The summed E-state index contributed by atoms with van der Waals surface area (Å²) < 4.78 is 0. The maximum Gasteiger partial charge on any atom is -0.0159 e. The molecule has 0 aromatic heterocycles. The van der Waals surface area contributed by atoms with Crippen LogP contribution < -0.4 is 0 Å². The first-order valence-electron chi connectivity index (χ1n) is 7.29. The van der Waals surface area contributed by atoms with E-state index in [4.69, 9.17) is 0 Å². The lowest BCUT2D eigenvalue weighted by atomic mass is 9.90. The zero-order chi connectivity index (χ0) is 11.9. The van der Waals surface area contributed by atoms with Crippen LogP contribution >= 0.6 is 0 Å². The predicted molar refractivity (Wildman–Crippen MR) is 75.2 cm³/mol. The Labute approximate surface area is 106 Å². The van der Waals surface area contributed by atoms with Gasteiger partial charge in [-0.25, -0.2) is 0 Å². The number of hydrogen-bond acceptors (Lipinski definition) is 0. The minimum absolute atomic E-state index is 0.860. The molecule has 1 aliphatic carbocycles. The SMILES string of the molecule is [CH2]CCCCCc1ccccc1C1CCCC1. The van der Waals surface area contributed by atoms with Gasteiger partial charge in [-0.15, -0.1) is 0 Å². The van der Waals surface area contributed by atoms with Gasteiger partial charge in [0.2, 0.25) is 0 Å². The summed E-state index contributed by atoms with van der Waals surface area (Å²) in [6.45, 7) is 3.91. The Bertz CT molecular complexity index is 321. The molecule has 2 rings (SSSR count). The Hall–Kier alpha value is -0.780. The minimum Gasteiger partial charge on any atom is -0.0620 e. The molecule has 0 amide bonds. The summed E-state index contributed by atoms with van der Waals surface area (Å²) in [5.41, 5.74) is 3.27.